The molecule has 0 saturated carbocycles. The molecular weight excluding hydrogens is 282 g/mol. The van der Waals surface area contributed by atoms with Crippen molar-refractivity contribution in [2.24, 2.45) is 0 Å². The summed E-state index contributed by atoms with van der Waals surface area (Å²) in [5.74, 6) is 0.600. The summed E-state index contributed by atoms with van der Waals surface area (Å²) in [5.41, 5.74) is 6.30. The predicted molar refractivity (Wildman–Crippen MR) is 83.4 cm³/mol. The number of pyridine rings is 1. The molecule has 0 aromatic carbocycles. The third-order valence-electron chi connectivity index (χ3n) is 3.25. The van der Waals surface area contributed by atoms with E-state index in [1.54, 1.807) is 17.0 Å². The SMILES string of the molecule is CC(C)(C)OC(=O)N1CCN(c2nc(C#N)ccc2N)CC1. The highest BCUT2D eigenvalue weighted by atomic mass is 16.6. The number of ether oxygens (including phenoxy) is 1. The molecule has 0 aliphatic carbocycles. The zero-order chi connectivity index (χ0) is 16.3. The Hall–Kier alpha value is -2.49. The number of aromatic nitrogens is 1. The molecule has 1 saturated heterocycles. The number of carbonyl (C=O) groups is 1. The van der Waals surface area contributed by atoms with Crippen molar-refractivity contribution in [3.8, 4) is 6.07 Å². The van der Waals surface area contributed by atoms with Gasteiger partial charge in [0.15, 0.2) is 5.82 Å². The standard InChI is InChI=1S/C15H21N5O2/c1-15(2,3)22-14(21)20-8-6-19(7-9-20)13-12(17)5-4-11(10-16)18-13/h4-5H,6-9,17H2,1-3H3. The highest BCUT2D eigenvalue weighted by Crippen LogP contribution is 2.22. The Morgan fingerprint density at radius 3 is 2.50 bits per heavy atom. The molecule has 7 heteroatoms. The number of rotatable bonds is 1. The summed E-state index contributed by atoms with van der Waals surface area (Å²) in [4.78, 5) is 19.9. The molecule has 7 nitrogen and oxygen atoms in total. The van der Waals surface area contributed by atoms with Gasteiger partial charge in [0.05, 0.1) is 5.69 Å². The molecule has 1 aromatic heterocycles. The van der Waals surface area contributed by atoms with E-state index in [0.29, 0.717) is 43.4 Å². The quantitative estimate of drug-likeness (QED) is 0.846. The first kappa shape index (κ1) is 15.9. The Kier molecular flexibility index (Phi) is 4.40. The molecule has 0 radical (unpaired) electrons. The zero-order valence-corrected chi connectivity index (χ0v) is 13.2. The van der Waals surface area contributed by atoms with Crippen molar-refractivity contribution in [1.82, 2.24) is 9.88 Å². The van der Waals surface area contributed by atoms with E-state index < -0.39 is 5.60 Å². The summed E-state index contributed by atoms with van der Waals surface area (Å²) in [7, 11) is 0. The molecule has 1 aliphatic rings. The normalized spacial score (nSPS) is 15.4. The number of nitrogens with zero attached hydrogens (tertiary/aromatic N) is 4. The molecule has 2 rings (SSSR count). The Labute approximate surface area is 130 Å². The van der Waals surface area contributed by atoms with Crippen molar-refractivity contribution in [2.75, 3.05) is 36.8 Å². The van der Waals surface area contributed by atoms with Gasteiger partial charge in [-0.3, -0.25) is 0 Å². The van der Waals surface area contributed by atoms with E-state index in [-0.39, 0.29) is 6.09 Å². The van der Waals surface area contributed by atoms with Gasteiger partial charge in [-0.25, -0.2) is 9.78 Å². The summed E-state index contributed by atoms with van der Waals surface area (Å²) in [6, 6.07) is 5.28. The van der Waals surface area contributed by atoms with E-state index in [4.69, 9.17) is 15.7 Å². The van der Waals surface area contributed by atoms with Crippen LogP contribution in [0.25, 0.3) is 0 Å². The van der Waals surface area contributed by atoms with Crippen LogP contribution < -0.4 is 10.6 Å². The summed E-state index contributed by atoms with van der Waals surface area (Å²) in [6.45, 7) is 7.81. The molecule has 0 bridgehead atoms. The van der Waals surface area contributed by atoms with Crippen LogP contribution in [0.15, 0.2) is 12.1 Å². The highest BCUT2D eigenvalue weighted by molar-refractivity contribution is 5.69. The lowest BCUT2D eigenvalue weighted by Gasteiger charge is -2.36. The van der Waals surface area contributed by atoms with Crippen LogP contribution >= 0.6 is 0 Å². The van der Waals surface area contributed by atoms with Crippen LogP contribution in [0.3, 0.4) is 0 Å². The summed E-state index contributed by atoms with van der Waals surface area (Å²) in [5, 5.41) is 8.93. The van der Waals surface area contributed by atoms with Gasteiger partial charge in [0.1, 0.15) is 17.4 Å². The van der Waals surface area contributed by atoms with Crippen molar-refractivity contribution in [3.63, 3.8) is 0 Å². The van der Waals surface area contributed by atoms with E-state index in [2.05, 4.69) is 4.98 Å². The maximum Gasteiger partial charge on any atom is 0.410 e. The molecule has 0 atom stereocenters. The summed E-state index contributed by atoms with van der Waals surface area (Å²) >= 11 is 0. The van der Waals surface area contributed by atoms with E-state index in [1.807, 2.05) is 31.7 Å². The molecule has 1 aromatic rings. The largest absolute Gasteiger partial charge is 0.444 e. The fourth-order valence-electron chi connectivity index (χ4n) is 2.20. The van der Waals surface area contributed by atoms with E-state index in [9.17, 15) is 4.79 Å². The van der Waals surface area contributed by atoms with E-state index >= 15 is 0 Å². The number of hydrogen-bond donors (Lipinski definition) is 1. The molecule has 1 aliphatic heterocycles. The van der Waals surface area contributed by atoms with Crippen LogP contribution in [-0.2, 0) is 4.74 Å². The first-order valence-electron chi connectivity index (χ1n) is 7.19. The molecule has 118 valence electrons. The third-order valence-corrected chi connectivity index (χ3v) is 3.25. The third kappa shape index (κ3) is 3.79. The zero-order valence-electron chi connectivity index (χ0n) is 13.2. The van der Waals surface area contributed by atoms with Gasteiger partial charge in [0.2, 0.25) is 0 Å². The van der Waals surface area contributed by atoms with Crippen molar-refractivity contribution >= 4 is 17.6 Å². The lowest BCUT2D eigenvalue weighted by Crippen LogP contribution is -2.50. The molecular formula is C15H21N5O2. The van der Waals surface area contributed by atoms with E-state index in [1.165, 1.54) is 0 Å². The molecule has 22 heavy (non-hydrogen) atoms. The number of nitrogen functional groups attached to an aromatic ring is 1. The van der Waals surface area contributed by atoms with Crippen LogP contribution in [0.5, 0.6) is 0 Å². The second-order valence-electron chi connectivity index (χ2n) is 6.18. The maximum absolute atomic E-state index is 12.0. The molecule has 1 amide bonds. The van der Waals surface area contributed by atoms with Crippen molar-refractivity contribution in [3.05, 3.63) is 17.8 Å². The van der Waals surface area contributed by atoms with E-state index in [0.717, 1.165) is 0 Å². The van der Waals surface area contributed by atoms with Crippen molar-refractivity contribution < 1.29 is 9.53 Å². The Morgan fingerprint density at radius 1 is 1.32 bits per heavy atom. The average Bonchev–Trinajstić information content (AvgIpc) is 2.46. The maximum atomic E-state index is 12.0. The van der Waals surface area contributed by atoms with Crippen LogP contribution in [0.4, 0.5) is 16.3 Å². The van der Waals surface area contributed by atoms with Gasteiger partial charge in [0.25, 0.3) is 0 Å². The molecule has 0 unspecified atom stereocenters. The molecule has 2 heterocycles. The van der Waals surface area contributed by atoms with Gasteiger partial charge in [-0.05, 0) is 32.9 Å². The molecule has 2 N–H and O–H groups in total. The fraction of sp³-hybridized carbons (Fsp3) is 0.533. The minimum absolute atomic E-state index is 0.307. The second-order valence-corrected chi connectivity index (χ2v) is 6.18. The smallest absolute Gasteiger partial charge is 0.410 e. The summed E-state index contributed by atoms with van der Waals surface area (Å²) in [6.07, 6.45) is -0.307. The lowest BCUT2D eigenvalue weighted by atomic mass is 10.2. The van der Waals surface area contributed by atoms with Crippen LogP contribution in [0, 0.1) is 11.3 Å². The number of carbonyl (C=O) groups excluding carboxylic acids is 1. The monoisotopic (exact) mass is 303 g/mol. The lowest BCUT2D eigenvalue weighted by molar-refractivity contribution is 0.0240. The second kappa shape index (κ2) is 6.10. The fourth-order valence-corrected chi connectivity index (χ4v) is 2.20. The summed E-state index contributed by atoms with van der Waals surface area (Å²) < 4.78 is 5.36. The number of piperazine rings is 1. The minimum Gasteiger partial charge on any atom is -0.444 e. The van der Waals surface area contributed by atoms with Gasteiger partial charge >= 0.3 is 6.09 Å². The van der Waals surface area contributed by atoms with Gasteiger partial charge in [-0.1, -0.05) is 0 Å². The Morgan fingerprint density at radius 2 is 1.95 bits per heavy atom. The van der Waals surface area contributed by atoms with Crippen LogP contribution in [0.2, 0.25) is 0 Å². The molecule has 0 spiro atoms. The predicted octanol–water partition coefficient (Wildman–Crippen LogP) is 1.59. The molecule has 1 fully saturated rings. The number of nitriles is 1. The Bertz CT molecular complexity index is 595. The van der Waals surface area contributed by atoms with Gasteiger partial charge in [0, 0.05) is 26.2 Å². The van der Waals surface area contributed by atoms with Crippen LogP contribution in [-0.4, -0.2) is 47.8 Å². The average molecular weight is 303 g/mol. The highest BCUT2D eigenvalue weighted by Gasteiger charge is 2.27. The first-order chi connectivity index (χ1) is 10.3. The number of anilines is 2. The topological polar surface area (TPSA) is 95.5 Å². The van der Waals surface area contributed by atoms with Gasteiger partial charge in [-0.15, -0.1) is 0 Å². The van der Waals surface area contributed by atoms with Gasteiger partial charge < -0.3 is 20.3 Å². The van der Waals surface area contributed by atoms with Crippen molar-refractivity contribution in [2.45, 2.75) is 26.4 Å². The van der Waals surface area contributed by atoms with Crippen molar-refractivity contribution in [1.29, 1.82) is 5.26 Å². The minimum atomic E-state index is -0.499. The van der Waals surface area contributed by atoms with Gasteiger partial charge in [-0.2, -0.15) is 5.26 Å². The number of amides is 1. The van der Waals surface area contributed by atoms with Crippen LogP contribution in [0.1, 0.15) is 26.5 Å². The number of nitrogens with two attached hydrogens (primary N) is 1. The first-order valence-corrected chi connectivity index (χ1v) is 7.19. The Balaban J connectivity index is 2.01. The number of hydrogen-bond acceptors (Lipinski definition) is 6.